The van der Waals surface area contributed by atoms with Gasteiger partial charge in [-0.2, -0.15) is 0 Å². The van der Waals surface area contributed by atoms with E-state index in [1.165, 1.54) is 32.1 Å². The van der Waals surface area contributed by atoms with Crippen molar-refractivity contribution in [2.75, 3.05) is 13.1 Å². The summed E-state index contributed by atoms with van der Waals surface area (Å²) in [7, 11) is 0. The maximum Gasteiger partial charge on any atom is 0.407 e. The maximum atomic E-state index is 11.8. The molecule has 1 amide bonds. The fraction of sp³-hybridized carbons (Fsp3) is 0.947. The van der Waals surface area contributed by atoms with Crippen molar-refractivity contribution in [1.29, 1.82) is 0 Å². The van der Waals surface area contributed by atoms with Crippen LogP contribution in [-0.2, 0) is 4.74 Å². The molecule has 23 heavy (non-hydrogen) atoms. The van der Waals surface area contributed by atoms with E-state index >= 15 is 0 Å². The Bertz CT molecular complexity index is 344. The van der Waals surface area contributed by atoms with Gasteiger partial charge in [-0.25, -0.2) is 4.79 Å². The Labute approximate surface area is 143 Å². The summed E-state index contributed by atoms with van der Waals surface area (Å²) in [6.45, 7) is 14.0. The monoisotopic (exact) mass is 326 g/mol. The summed E-state index contributed by atoms with van der Waals surface area (Å²) < 4.78 is 5.32. The highest BCUT2D eigenvalue weighted by Crippen LogP contribution is 2.26. The van der Waals surface area contributed by atoms with Crippen LogP contribution in [0.5, 0.6) is 0 Å². The molecule has 0 aromatic heterocycles. The topological polar surface area (TPSA) is 50.4 Å². The fourth-order valence-electron chi connectivity index (χ4n) is 3.21. The highest BCUT2D eigenvalue weighted by atomic mass is 16.6. The van der Waals surface area contributed by atoms with Gasteiger partial charge in [0.1, 0.15) is 5.60 Å². The van der Waals surface area contributed by atoms with Gasteiger partial charge in [0.2, 0.25) is 0 Å². The average molecular weight is 327 g/mol. The second-order valence-electron chi connectivity index (χ2n) is 8.48. The van der Waals surface area contributed by atoms with Crippen molar-refractivity contribution in [1.82, 2.24) is 10.6 Å². The summed E-state index contributed by atoms with van der Waals surface area (Å²) in [5.41, 5.74) is -0.439. The third-order valence-electron chi connectivity index (χ3n) is 4.91. The molecule has 0 aliphatic heterocycles. The third-order valence-corrected chi connectivity index (χ3v) is 4.91. The predicted octanol–water partition coefficient (Wildman–Crippen LogP) is 4.34. The number of hydrogen-bond donors (Lipinski definition) is 2. The minimum Gasteiger partial charge on any atom is -0.444 e. The van der Waals surface area contributed by atoms with Crippen LogP contribution < -0.4 is 10.6 Å². The maximum absolute atomic E-state index is 11.8. The van der Waals surface area contributed by atoms with Crippen LogP contribution in [-0.4, -0.2) is 30.8 Å². The first-order valence-electron chi connectivity index (χ1n) is 9.39. The number of alkyl carbamates (subject to hydrolysis) is 1. The minimum absolute atomic E-state index is 0.316. The molecule has 0 heterocycles. The van der Waals surface area contributed by atoms with Crippen LogP contribution in [0.15, 0.2) is 0 Å². The summed E-state index contributed by atoms with van der Waals surface area (Å²) in [6, 6.07) is 0.568. The van der Waals surface area contributed by atoms with Gasteiger partial charge in [-0.05, 0) is 58.3 Å². The predicted molar refractivity (Wildman–Crippen MR) is 96.6 cm³/mol. The van der Waals surface area contributed by atoms with Gasteiger partial charge >= 0.3 is 6.09 Å². The normalized spacial score (nSPS) is 19.4. The summed E-state index contributed by atoms with van der Waals surface area (Å²) in [4.78, 5) is 11.8. The highest BCUT2D eigenvalue weighted by Gasteiger charge is 2.22. The van der Waals surface area contributed by atoms with Crippen LogP contribution in [0, 0.1) is 17.8 Å². The van der Waals surface area contributed by atoms with Crippen LogP contribution in [0.3, 0.4) is 0 Å². The van der Waals surface area contributed by atoms with E-state index in [0.717, 1.165) is 12.5 Å². The van der Waals surface area contributed by atoms with E-state index in [0.29, 0.717) is 24.4 Å². The van der Waals surface area contributed by atoms with Gasteiger partial charge in [-0.1, -0.05) is 33.1 Å². The SMILES string of the molecule is CC(C)C(CNC(=O)OC(C)(C)C)CN[C@H](C)C1CCCCC1. The van der Waals surface area contributed by atoms with Crippen molar-refractivity contribution in [2.45, 2.75) is 85.3 Å². The van der Waals surface area contributed by atoms with Crippen LogP contribution in [0.4, 0.5) is 4.79 Å². The Morgan fingerprint density at radius 3 is 2.22 bits per heavy atom. The second-order valence-corrected chi connectivity index (χ2v) is 8.48. The Hall–Kier alpha value is -0.770. The van der Waals surface area contributed by atoms with Crippen molar-refractivity contribution in [3.63, 3.8) is 0 Å². The van der Waals surface area contributed by atoms with Crippen LogP contribution in [0.25, 0.3) is 0 Å². The summed E-state index contributed by atoms with van der Waals surface area (Å²) in [5.74, 6) is 1.76. The molecule has 1 aliphatic carbocycles. The smallest absolute Gasteiger partial charge is 0.407 e. The summed E-state index contributed by atoms with van der Waals surface area (Å²) in [5, 5.41) is 6.64. The first-order valence-corrected chi connectivity index (χ1v) is 9.39. The number of nitrogens with one attached hydrogen (secondary N) is 2. The quantitative estimate of drug-likeness (QED) is 0.731. The van der Waals surface area contributed by atoms with E-state index in [2.05, 4.69) is 31.4 Å². The first kappa shape index (κ1) is 20.3. The van der Waals surface area contributed by atoms with E-state index in [1.807, 2.05) is 20.8 Å². The molecular weight excluding hydrogens is 288 g/mol. The van der Waals surface area contributed by atoms with Gasteiger partial charge in [0, 0.05) is 19.1 Å². The summed E-state index contributed by atoms with van der Waals surface area (Å²) in [6.07, 6.45) is 6.56. The Balaban J connectivity index is 2.35. The van der Waals surface area contributed by atoms with Gasteiger partial charge in [0.25, 0.3) is 0 Å². The molecule has 0 spiro atoms. The highest BCUT2D eigenvalue weighted by molar-refractivity contribution is 5.67. The molecule has 1 rings (SSSR count). The van der Waals surface area contributed by atoms with E-state index in [-0.39, 0.29) is 6.09 Å². The molecule has 1 unspecified atom stereocenters. The zero-order chi connectivity index (χ0) is 17.5. The zero-order valence-corrected chi connectivity index (χ0v) is 16.1. The number of carbonyl (C=O) groups excluding carboxylic acids is 1. The van der Waals surface area contributed by atoms with Crippen molar-refractivity contribution in [3.8, 4) is 0 Å². The lowest BCUT2D eigenvalue weighted by atomic mass is 9.84. The molecule has 1 fully saturated rings. The van der Waals surface area contributed by atoms with E-state index in [9.17, 15) is 4.79 Å². The van der Waals surface area contributed by atoms with Crippen LogP contribution >= 0.6 is 0 Å². The lowest BCUT2D eigenvalue weighted by Crippen LogP contribution is -2.43. The van der Waals surface area contributed by atoms with E-state index in [1.54, 1.807) is 0 Å². The van der Waals surface area contributed by atoms with Crippen molar-refractivity contribution in [3.05, 3.63) is 0 Å². The number of hydrogen-bond acceptors (Lipinski definition) is 3. The molecule has 0 saturated heterocycles. The molecule has 4 heteroatoms. The molecule has 0 aromatic rings. The van der Waals surface area contributed by atoms with Gasteiger partial charge < -0.3 is 15.4 Å². The fourth-order valence-corrected chi connectivity index (χ4v) is 3.21. The third kappa shape index (κ3) is 8.59. The zero-order valence-electron chi connectivity index (χ0n) is 16.1. The van der Waals surface area contributed by atoms with Crippen LogP contribution in [0.2, 0.25) is 0 Å². The van der Waals surface area contributed by atoms with E-state index < -0.39 is 5.60 Å². The van der Waals surface area contributed by atoms with Gasteiger partial charge in [0.15, 0.2) is 0 Å². The van der Waals surface area contributed by atoms with Gasteiger partial charge in [0.05, 0.1) is 0 Å². The minimum atomic E-state index is -0.439. The largest absolute Gasteiger partial charge is 0.444 e. The van der Waals surface area contributed by atoms with Crippen molar-refractivity contribution >= 4 is 6.09 Å². The molecule has 2 atom stereocenters. The molecule has 1 saturated carbocycles. The molecule has 0 radical (unpaired) electrons. The number of amides is 1. The lowest BCUT2D eigenvalue weighted by molar-refractivity contribution is 0.0514. The molecule has 2 N–H and O–H groups in total. The molecule has 136 valence electrons. The number of rotatable bonds is 7. The first-order chi connectivity index (χ1) is 10.7. The number of carbonyl (C=O) groups is 1. The Morgan fingerprint density at radius 1 is 1.09 bits per heavy atom. The Morgan fingerprint density at radius 2 is 1.70 bits per heavy atom. The molecule has 4 nitrogen and oxygen atoms in total. The van der Waals surface area contributed by atoms with Crippen LogP contribution in [0.1, 0.15) is 73.6 Å². The number of ether oxygens (including phenoxy) is 1. The summed E-state index contributed by atoms with van der Waals surface area (Å²) >= 11 is 0. The van der Waals surface area contributed by atoms with E-state index in [4.69, 9.17) is 4.74 Å². The Kier molecular flexibility index (Phi) is 8.38. The molecular formula is C19H38N2O2. The second kappa shape index (κ2) is 9.51. The average Bonchev–Trinajstić information content (AvgIpc) is 2.45. The molecule has 0 bridgehead atoms. The standard InChI is InChI=1S/C19H38N2O2/c1-14(2)17(13-21-18(22)23-19(4,5)6)12-20-15(3)16-10-8-7-9-11-16/h14-17,20H,7-13H2,1-6H3,(H,21,22)/t15-,17?/m1/s1. The van der Waals surface area contributed by atoms with Crippen molar-refractivity contribution in [2.24, 2.45) is 17.8 Å². The van der Waals surface area contributed by atoms with Gasteiger partial charge in [-0.3, -0.25) is 0 Å². The van der Waals surface area contributed by atoms with Gasteiger partial charge in [-0.15, -0.1) is 0 Å². The molecule has 0 aromatic carbocycles. The molecule has 1 aliphatic rings. The lowest BCUT2D eigenvalue weighted by Gasteiger charge is -2.31. The van der Waals surface area contributed by atoms with Crippen molar-refractivity contribution < 1.29 is 9.53 Å².